The third-order valence-corrected chi connectivity index (χ3v) is 3.24. The Balaban J connectivity index is 2.38. The van der Waals surface area contributed by atoms with Crippen LogP contribution in [0.25, 0.3) is 0 Å². The molecular formula is C14H12IN3O2. The molecule has 0 unspecified atom stereocenters. The summed E-state index contributed by atoms with van der Waals surface area (Å²) in [6, 6.07) is 8.87. The molecule has 0 saturated heterocycles. The highest BCUT2D eigenvalue weighted by atomic mass is 127. The molecule has 0 spiro atoms. The normalized spacial score (nSPS) is 9.85. The zero-order valence-corrected chi connectivity index (χ0v) is 12.9. The van der Waals surface area contributed by atoms with Crippen molar-refractivity contribution in [2.24, 2.45) is 0 Å². The van der Waals surface area contributed by atoms with Crippen molar-refractivity contribution < 1.29 is 9.47 Å². The maximum absolute atomic E-state index is 8.90. The SMILES string of the molecule is CCOc1cccnc1Oc1c(N)cc(C#N)cc1I. The molecule has 2 aromatic rings. The molecule has 102 valence electrons. The first kappa shape index (κ1) is 14.4. The molecule has 0 aliphatic carbocycles. The van der Waals surface area contributed by atoms with Crippen LogP contribution in [0.5, 0.6) is 17.4 Å². The fourth-order valence-corrected chi connectivity index (χ4v) is 2.36. The van der Waals surface area contributed by atoms with E-state index < -0.39 is 0 Å². The van der Waals surface area contributed by atoms with Crippen LogP contribution >= 0.6 is 22.6 Å². The van der Waals surface area contributed by atoms with Gasteiger partial charge in [0, 0.05) is 6.20 Å². The minimum Gasteiger partial charge on any atom is -0.488 e. The Morgan fingerprint density at radius 3 is 2.90 bits per heavy atom. The maximum atomic E-state index is 8.90. The monoisotopic (exact) mass is 381 g/mol. The molecule has 2 N–H and O–H groups in total. The highest BCUT2D eigenvalue weighted by Crippen LogP contribution is 2.36. The van der Waals surface area contributed by atoms with Gasteiger partial charge in [-0.1, -0.05) is 0 Å². The van der Waals surface area contributed by atoms with Crippen molar-refractivity contribution in [2.45, 2.75) is 6.92 Å². The zero-order valence-electron chi connectivity index (χ0n) is 10.8. The number of nitrogen functional groups attached to an aromatic ring is 1. The lowest BCUT2D eigenvalue weighted by Crippen LogP contribution is -2.00. The summed E-state index contributed by atoms with van der Waals surface area (Å²) in [6.07, 6.45) is 1.62. The minimum atomic E-state index is 0.351. The fraction of sp³-hybridized carbons (Fsp3) is 0.143. The van der Waals surface area contributed by atoms with Gasteiger partial charge >= 0.3 is 0 Å². The minimum absolute atomic E-state index is 0.351. The lowest BCUT2D eigenvalue weighted by atomic mass is 10.2. The standard InChI is InChI=1S/C14H12IN3O2/c1-2-19-12-4-3-5-18-14(12)20-13-10(15)6-9(8-16)7-11(13)17/h3-7H,2,17H2,1H3. The van der Waals surface area contributed by atoms with Gasteiger partial charge in [-0.05, 0) is 53.8 Å². The molecule has 2 rings (SSSR count). The van der Waals surface area contributed by atoms with E-state index >= 15 is 0 Å². The molecule has 5 nitrogen and oxygen atoms in total. The Morgan fingerprint density at radius 2 is 2.25 bits per heavy atom. The number of anilines is 1. The quantitative estimate of drug-likeness (QED) is 0.649. The Labute approximate surface area is 130 Å². The summed E-state index contributed by atoms with van der Waals surface area (Å²) in [7, 11) is 0. The summed E-state index contributed by atoms with van der Waals surface area (Å²) in [5.41, 5.74) is 6.80. The number of nitriles is 1. The summed E-state index contributed by atoms with van der Waals surface area (Å²) in [5.74, 6) is 1.38. The van der Waals surface area contributed by atoms with Crippen LogP contribution < -0.4 is 15.2 Å². The molecule has 1 heterocycles. The molecule has 0 aliphatic heterocycles. The van der Waals surface area contributed by atoms with Crippen LogP contribution in [0, 0.1) is 14.9 Å². The third kappa shape index (κ3) is 3.11. The first-order valence-electron chi connectivity index (χ1n) is 5.90. The number of nitrogens with two attached hydrogens (primary N) is 1. The molecule has 0 radical (unpaired) electrons. The Morgan fingerprint density at radius 1 is 1.45 bits per heavy atom. The van der Waals surface area contributed by atoms with Gasteiger partial charge in [-0.25, -0.2) is 4.98 Å². The molecular weight excluding hydrogens is 369 g/mol. The van der Waals surface area contributed by atoms with Crippen LogP contribution in [-0.4, -0.2) is 11.6 Å². The van der Waals surface area contributed by atoms with Gasteiger partial charge in [0.1, 0.15) is 0 Å². The molecule has 20 heavy (non-hydrogen) atoms. The van der Waals surface area contributed by atoms with E-state index in [1.165, 1.54) is 0 Å². The Bertz CT molecular complexity index is 645. The van der Waals surface area contributed by atoms with Gasteiger partial charge < -0.3 is 15.2 Å². The van der Waals surface area contributed by atoms with E-state index in [9.17, 15) is 0 Å². The fourth-order valence-electron chi connectivity index (χ4n) is 1.60. The molecule has 0 fully saturated rings. The number of pyridine rings is 1. The van der Waals surface area contributed by atoms with E-state index in [4.69, 9.17) is 20.5 Å². The molecule has 0 saturated carbocycles. The van der Waals surface area contributed by atoms with Crippen LogP contribution in [0.3, 0.4) is 0 Å². The van der Waals surface area contributed by atoms with E-state index in [0.717, 1.165) is 3.57 Å². The first-order chi connectivity index (χ1) is 9.65. The van der Waals surface area contributed by atoms with Crippen LogP contribution in [0.2, 0.25) is 0 Å². The summed E-state index contributed by atoms with van der Waals surface area (Å²) >= 11 is 2.07. The lowest BCUT2D eigenvalue weighted by molar-refractivity contribution is 0.316. The Hall–Kier alpha value is -2.01. The number of aromatic nitrogens is 1. The topological polar surface area (TPSA) is 81.2 Å². The van der Waals surface area contributed by atoms with Crippen molar-refractivity contribution in [3.05, 3.63) is 39.6 Å². The second-order valence-electron chi connectivity index (χ2n) is 3.83. The highest BCUT2D eigenvalue weighted by Gasteiger charge is 2.13. The number of ether oxygens (including phenoxy) is 2. The number of hydrogen-bond donors (Lipinski definition) is 1. The number of benzene rings is 1. The summed E-state index contributed by atoms with van der Waals surface area (Å²) in [5, 5.41) is 8.90. The van der Waals surface area contributed by atoms with Crippen LogP contribution in [0.15, 0.2) is 30.5 Å². The van der Waals surface area contributed by atoms with Crippen LogP contribution in [0.1, 0.15) is 12.5 Å². The van der Waals surface area contributed by atoms with Gasteiger partial charge in [-0.15, -0.1) is 0 Å². The number of rotatable bonds is 4. The van der Waals surface area contributed by atoms with Crippen molar-refractivity contribution in [1.82, 2.24) is 4.98 Å². The van der Waals surface area contributed by atoms with E-state index in [1.807, 2.05) is 6.92 Å². The number of hydrogen-bond acceptors (Lipinski definition) is 5. The van der Waals surface area contributed by atoms with E-state index in [-0.39, 0.29) is 0 Å². The van der Waals surface area contributed by atoms with Crippen LogP contribution in [-0.2, 0) is 0 Å². The molecule has 0 bridgehead atoms. The van der Waals surface area contributed by atoms with E-state index in [1.54, 1.807) is 30.5 Å². The predicted molar refractivity (Wildman–Crippen MR) is 83.8 cm³/mol. The second-order valence-corrected chi connectivity index (χ2v) is 4.99. The highest BCUT2D eigenvalue weighted by molar-refractivity contribution is 14.1. The molecule has 6 heteroatoms. The number of halogens is 1. The smallest absolute Gasteiger partial charge is 0.262 e. The van der Waals surface area contributed by atoms with Crippen molar-refractivity contribution in [3.8, 4) is 23.4 Å². The molecule has 1 aromatic heterocycles. The van der Waals surface area contributed by atoms with Gasteiger partial charge in [-0.3, -0.25) is 0 Å². The molecule has 0 amide bonds. The maximum Gasteiger partial charge on any atom is 0.262 e. The Kier molecular flexibility index (Phi) is 4.63. The number of nitrogens with zero attached hydrogens (tertiary/aromatic N) is 2. The molecule has 1 aromatic carbocycles. The average Bonchev–Trinajstić information content (AvgIpc) is 2.44. The van der Waals surface area contributed by atoms with Crippen molar-refractivity contribution in [2.75, 3.05) is 12.3 Å². The summed E-state index contributed by atoms with van der Waals surface area (Å²) < 4.78 is 11.9. The van der Waals surface area contributed by atoms with Crippen LogP contribution in [0.4, 0.5) is 5.69 Å². The van der Waals surface area contributed by atoms with Gasteiger partial charge in [0.05, 0.1) is 27.5 Å². The summed E-state index contributed by atoms with van der Waals surface area (Å²) in [6.45, 7) is 2.40. The lowest BCUT2D eigenvalue weighted by Gasteiger charge is -2.13. The van der Waals surface area contributed by atoms with E-state index in [2.05, 4.69) is 33.6 Å². The largest absolute Gasteiger partial charge is 0.488 e. The van der Waals surface area contributed by atoms with Gasteiger partial charge in [0.15, 0.2) is 11.5 Å². The van der Waals surface area contributed by atoms with Crippen molar-refractivity contribution in [1.29, 1.82) is 5.26 Å². The molecule has 0 atom stereocenters. The second kappa shape index (κ2) is 6.43. The zero-order chi connectivity index (χ0) is 14.5. The van der Waals surface area contributed by atoms with E-state index in [0.29, 0.717) is 35.2 Å². The third-order valence-electron chi connectivity index (χ3n) is 2.44. The van der Waals surface area contributed by atoms with Crippen molar-refractivity contribution in [3.63, 3.8) is 0 Å². The summed E-state index contributed by atoms with van der Waals surface area (Å²) in [4.78, 5) is 4.15. The van der Waals surface area contributed by atoms with Gasteiger partial charge in [0.25, 0.3) is 5.88 Å². The van der Waals surface area contributed by atoms with Gasteiger partial charge in [0.2, 0.25) is 0 Å². The van der Waals surface area contributed by atoms with Gasteiger partial charge in [-0.2, -0.15) is 5.26 Å². The van der Waals surface area contributed by atoms with Crippen molar-refractivity contribution >= 4 is 28.3 Å². The first-order valence-corrected chi connectivity index (χ1v) is 6.98. The molecule has 0 aliphatic rings. The predicted octanol–water partition coefficient (Wildman–Crippen LogP) is 3.33. The average molecular weight is 381 g/mol.